The monoisotopic (exact) mass is 212 g/mol. The zero-order valence-corrected chi connectivity index (χ0v) is 9.47. The van der Waals surface area contributed by atoms with Gasteiger partial charge in [-0.15, -0.1) is 6.58 Å². The fourth-order valence-electron chi connectivity index (χ4n) is 1.11. The minimum Gasteiger partial charge on any atom is -0.457 e. The van der Waals surface area contributed by atoms with E-state index in [4.69, 9.17) is 4.74 Å². The Balaban J connectivity index is 0.000000386. The van der Waals surface area contributed by atoms with Gasteiger partial charge in [-0.1, -0.05) is 42.5 Å². The van der Waals surface area contributed by atoms with Crippen molar-refractivity contribution in [1.29, 1.82) is 0 Å². The molecule has 0 aliphatic carbocycles. The van der Waals surface area contributed by atoms with Crippen LogP contribution >= 0.6 is 0 Å². The Bertz CT molecular complexity index is 355. The van der Waals surface area contributed by atoms with E-state index in [2.05, 4.69) is 6.58 Å². The number of benzene rings is 2. The summed E-state index contributed by atoms with van der Waals surface area (Å²) in [4.78, 5) is 0. The van der Waals surface area contributed by atoms with Crippen LogP contribution in [0.4, 0.5) is 0 Å². The van der Waals surface area contributed by atoms with Gasteiger partial charge < -0.3 is 4.74 Å². The molecule has 1 nitrogen and oxygen atoms in total. The minimum atomic E-state index is 0.869. The van der Waals surface area contributed by atoms with E-state index in [9.17, 15) is 0 Å². The second kappa shape index (κ2) is 7.30. The van der Waals surface area contributed by atoms with Gasteiger partial charge in [0.05, 0.1) is 0 Å². The number of ether oxygens (including phenoxy) is 1. The third-order valence-electron chi connectivity index (χ3n) is 1.72. The summed E-state index contributed by atoms with van der Waals surface area (Å²) in [7, 11) is 0. The smallest absolute Gasteiger partial charge is 0.127 e. The number of para-hydroxylation sites is 2. The van der Waals surface area contributed by atoms with Gasteiger partial charge in [0, 0.05) is 0 Å². The fourth-order valence-corrected chi connectivity index (χ4v) is 1.11. The summed E-state index contributed by atoms with van der Waals surface area (Å²) in [6, 6.07) is 19.5. The van der Waals surface area contributed by atoms with Gasteiger partial charge in [-0.05, 0) is 31.2 Å². The van der Waals surface area contributed by atoms with Gasteiger partial charge in [0.25, 0.3) is 0 Å². The normalized spacial score (nSPS) is 8.56. The molecule has 2 rings (SSSR count). The lowest BCUT2D eigenvalue weighted by molar-refractivity contribution is 0.482. The summed E-state index contributed by atoms with van der Waals surface area (Å²) in [6.07, 6.45) is 1.75. The Morgan fingerprint density at radius 1 is 0.812 bits per heavy atom. The number of allylic oxidation sites excluding steroid dienone is 1. The second-order valence-corrected chi connectivity index (χ2v) is 3.14. The summed E-state index contributed by atoms with van der Waals surface area (Å²) >= 11 is 0. The van der Waals surface area contributed by atoms with E-state index in [-0.39, 0.29) is 0 Å². The zero-order chi connectivity index (χ0) is 11.6. The largest absolute Gasteiger partial charge is 0.457 e. The van der Waals surface area contributed by atoms with Crippen molar-refractivity contribution in [3.05, 3.63) is 73.3 Å². The highest BCUT2D eigenvalue weighted by Gasteiger charge is 1.92. The molecule has 0 bridgehead atoms. The molecule has 0 N–H and O–H groups in total. The molecule has 16 heavy (non-hydrogen) atoms. The Morgan fingerprint density at radius 3 is 1.44 bits per heavy atom. The molecule has 0 aliphatic rings. The summed E-state index contributed by atoms with van der Waals surface area (Å²) in [6.45, 7) is 5.25. The first-order valence-electron chi connectivity index (χ1n) is 5.22. The molecule has 82 valence electrons. The molecular weight excluding hydrogens is 196 g/mol. The van der Waals surface area contributed by atoms with Crippen LogP contribution in [-0.4, -0.2) is 0 Å². The van der Waals surface area contributed by atoms with E-state index in [1.165, 1.54) is 0 Å². The van der Waals surface area contributed by atoms with Gasteiger partial charge in [0.15, 0.2) is 0 Å². The summed E-state index contributed by atoms with van der Waals surface area (Å²) < 4.78 is 5.58. The van der Waals surface area contributed by atoms with Gasteiger partial charge in [-0.2, -0.15) is 0 Å². The van der Waals surface area contributed by atoms with E-state index in [1.54, 1.807) is 6.08 Å². The van der Waals surface area contributed by atoms with Crippen molar-refractivity contribution in [1.82, 2.24) is 0 Å². The van der Waals surface area contributed by atoms with Gasteiger partial charge >= 0.3 is 0 Å². The predicted molar refractivity (Wildman–Crippen MR) is 68.8 cm³/mol. The maximum Gasteiger partial charge on any atom is 0.127 e. The van der Waals surface area contributed by atoms with Gasteiger partial charge in [-0.3, -0.25) is 0 Å². The molecule has 1 heteroatoms. The quantitative estimate of drug-likeness (QED) is 0.657. The lowest BCUT2D eigenvalue weighted by Gasteiger charge is -2.03. The summed E-state index contributed by atoms with van der Waals surface area (Å²) in [5.41, 5.74) is 0. The number of hydrogen-bond donors (Lipinski definition) is 0. The number of rotatable bonds is 2. The fraction of sp³-hybridized carbons (Fsp3) is 0.0667. The highest BCUT2D eigenvalue weighted by atomic mass is 16.5. The van der Waals surface area contributed by atoms with Crippen LogP contribution in [0.25, 0.3) is 0 Å². The molecular formula is C15H16O. The van der Waals surface area contributed by atoms with Crippen molar-refractivity contribution in [3.8, 4) is 11.5 Å². The molecule has 2 aromatic rings. The van der Waals surface area contributed by atoms with E-state index in [1.807, 2.05) is 67.6 Å². The zero-order valence-electron chi connectivity index (χ0n) is 9.47. The third-order valence-corrected chi connectivity index (χ3v) is 1.72. The Kier molecular flexibility index (Phi) is 5.49. The minimum absolute atomic E-state index is 0.869. The van der Waals surface area contributed by atoms with Gasteiger partial charge in [-0.25, -0.2) is 0 Å². The molecule has 2 aromatic carbocycles. The van der Waals surface area contributed by atoms with E-state index >= 15 is 0 Å². The summed E-state index contributed by atoms with van der Waals surface area (Å²) in [5.74, 6) is 1.74. The highest BCUT2D eigenvalue weighted by Crippen LogP contribution is 2.19. The molecule has 0 saturated carbocycles. The van der Waals surface area contributed by atoms with Crippen LogP contribution in [0.15, 0.2) is 73.3 Å². The van der Waals surface area contributed by atoms with Crippen LogP contribution < -0.4 is 4.74 Å². The molecule has 0 heterocycles. The molecule has 0 fully saturated rings. The Labute approximate surface area is 97.0 Å². The van der Waals surface area contributed by atoms with E-state index in [0.29, 0.717) is 0 Å². The predicted octanol–water partition coefficient (Wildman–Crippen LogP) is 4.67. The lowest BCUT2D eigenvalue weighted by atomic mass is 10.3. The topological polar surface area (TPSA) is 9.23 Å². The van der Waals surface area contributed by atoms with Gasteiger partial charge in [0.2, 0.25) is 0 Å². The average Bonchev–Trinajstić information content (AvgIpc) is 2.33. The summed E-state index contributed by atoms with van der Waals surface area (Å²) in [5, 5.41) is 0. The van der Waals surface area contributed by atoms with E-state index < -0.39 is 0 Å². The van der Waals surface area contributed by atoms with Crippen molar-refractivity contribution in [3.63, 3.8) is 0 Å². The molecule has 0 radical (unpaired) electrons. The SMILES string of the molecule is C=CC.c1ccc(Oc2ccccc2)cc1. The first-order valence-corrected chi connectivity index (χ1v) is 5.22. The van der Waals surface area contributed by atoms with Crippen LogP contribution in [-0.2, 0) is 0 Å². The second-order valence-electron chi connectivity index (χ2n) is 3.14. The molecule has 0 unspecified atom stereocenters. The number of hydrogen-bond acceptors (Lipinski definition) is 1. The Morgan fingerprint density at radius 2 is 1.12 bits per heavy atom. The highest BCUT2D eigenvalue weighted by molar-refractivity contribution is 5.30. The first-order chi connectivity index (χ1) is 7.86. The molecule has 0 amide bonds. The van der Waals surface area contributed by atoms with Crippen LogP contribution in [0.5, 0.6) is 11.5 Å². The van der Waals surface area contributed by atoms with Crippen molar-refractivity contribution in [2.24, 2.45) is 0 Å². The van der Waals surface area contributed by atoms with Crippen molar-refractivity contribution < 1.29 is 4.74 Å². The van der Waals surface area contributed by atoms with Crippen molar-refractivity contribution in [2.45, 2.75) is 6.92 Å². The van der Waals surface area contributed by atoms with E-state index in [0.717, 1.165) is 11.5 Å². The molecule has 0 saturated heterocycles. The maximum atomic E-state index is 5.58. The van der Waals surface area contributed by atoms with Crippen LogP contribution in [0.3, 0.4) is 0 Å². The first kappa shape index (κ1) is 12.1. The lowest BCUT2D eigenvalue weighted by Crippen LogP contribution is -1.81. The van der Waals surface area contributed by atoms with Crippen molar-refractivity contribution in [2.75, 3.05) is 0 Å². The van der Waals surface area contributed by atoms with Crippen LogP contribution in [0.2, 0.25) is 0 Å². The van der Waals surface area contributed by atoms with Crippen LogP contribution in [0, 0.1) is 0 Å². The Hall–Kier alpha value is -2.02. The standard InChI is InChI=1S/C12H10O.C3H6/c1-3-7-11(8-4-1)13-12-9-5-2-6-10-12;1-3-2/h1-10H;3H,1H2,2H3. The molecule has 0 aromatic heterocycles. The van der Waals surface area contributed by atoms with Crippen LogP contribution in [0.1, 0.15) is 6.92 Å². The van der Waals surface area contributed by atoms with Crippen molar-refractivity contribution >= 4 is 0 Å². The third kappa shape index (κ3) is 4.47. The average molecular weight is 212 g/mol. The van der Waals surface area contributed by atoms with Gasteiger partial charge in [0.1, 0.15) is 11.5 Å². The molecule has 0 aliphatic heterocycles. The maximum absolute atomic E-state index is 5.58. The molecule has 0 atom stereocenters. The molecule has 0 spiro atoms.